The molecule has 0 saturated heterocycles. The van der Waals surface area contributed by atoms with Crippen LogP contribution in [0.15, 0.2) is 59.2 Å². The molecule has 8 heteroatoms. The quantitative estimate of drug-likeness (QED) is 0.528. The van der Waals surface area contributed by atoms with E-state index in [9.17, 15) is 9.59 Å². The van der Waals surface area contributed by atoms with Crippen LogP contribution in [0.2, 0.25) is 5.02 Å². The second kappa shape index (κ2) is 9.16. The summed E-state index contributed by atoms with van der Waals surface area (Å²) in [6.45, 7) is 1.90. The number of rotatable bonds is 7. The molecular formula is C21H20ClN3O4. The highest BCUT2D eigenvalue weighted by Crippen LogP contribution is 2.27. The van der Waals surface area contributed by atoms with Crippen LogP contribution in [-0.4, -0.2) is 25.5 Å². The number of hydrogen-bond donors (Lipinski definition) is 3. The van der Waals surface area contributed by atoms with Crippen LogP contribution in [0.1, 0.15) is 16.1 Å². The highest BCUT2D eigenvalue weighted by atomic mass is 35.5. The number of methoxy groups -OCH3 is 1. The lowest BCUT2D eigenvalue weighted by molar-refractivity contribution is -0.114. The van der Waals surface area contributed by atoms with Crippen molar-refractivity contribution in [2.75, 3.05) is 29.6 Å². The number of furan rings is 1. The maximum atomic E-state index is 12.4. The van der Waals surface area contributed by atoms with Gasteiger partial charge in [-0.15, -0.1) is 0 Å². The molecule has 2 amide bonds. The first-order valence-electron chi connectivity index (χ1n) is 8.79. The molecule has 1 heterocycles. The van der Waals surface area contributed by atoms with Crippen LogP contribution in [-0.2, 0) is 4.79 Å². The lowest BCUT2D eigenvalue weighted by Crippen LogP contribution is -2.23. The summed E-state index contributed by atoms with van der Waals surface area (Å²) in [7, 11) is 1.54. The fourth-order valence-electron chi connectivity index (χ4n) is 2.66. The zero-order chi connectivity index (χ0) is 20.8. The van der Waals surface area contributed by atoms with Gasteiger partial charge in [0.15, 0.2) is 5.76 Å². The Balaban J connectivity index is 1.68. The topological polar surface area (TPSA) is 92.6 Å². The molecule has 3 aromatic rings. The molecule has 0 aliphatic rings. The van der Waals surface area contributed by atoms with Crippen LogP contribution in [0.3, 0.4) is 0 Å². The van der Waals surface area contributed by atoms with E-state index in [4.69, 9.17) is 20.8 Å². The minimum atomic E-state index is -0.422. The van der Waals surface area contributed by atoms with E-state index >= 15 is 0 Å². The monoisotopic (exact) mass is 413 g/mol. The number of anilines is 3. The number of amides is 2. The number of aryl methyl sites for hydroxylation is 1. The minimum absolute atomic E-state index is 0.0254. The summed E-state index contributed by atoms with van der Waals surface area (Å²) in [5, 5.41) is 8.98. The number of halogens is 1. The molecule has 0 radical (unpaired) electrons. The smallest absolute Gasteiger partial charge is 0.291 e. The van der Waals surface area contributed by atoms with E-state index in [1.54, 1.807) is 43.5 Å². The second-order valence-corrected chi connectivity index (χ2v) is 6.66. The van der Waals surface area contributed by atoms with E-state index < -0.39 is 5.91 Å². The molecule has 150 valence electrons. The van der Waals surface area contributed by atoms with Gasteiger partial charge < -0.3 is 25.1 Å². The van der Waals surface area contributed by atoms with E-state index in [1.807, 2.05) is 19.1 Å². The maximum Gasteiger partial charge on any atom is 0.291 e. The van der Waals surface area contributed by atoms with Crippen LogP contribution in [0.5, 0.6) is 5.75 Å². The summed E-state index contributed by atoms with van der Waals surface area (Å²) in [5.74, 6) is 0.0449. The van der Waals surface area contributed by atoms with Crippen molar-refractivity contribution in [3.8, 4) is 5.75 Å². The van der Waals surface area contributed by atoms with Crippen LogP contribution in [0.25, 0.3) is 0 Å². The molecule has 0 spiro atoms. The van der Waals surface area contributed by atoms with Crippen molar-refractivity contribution in [3.05, 3.63) is 71.1 Å². The number of carbonyl (C=O) groups excluding carboxylic acids is 2. The Morgan fingerprint density at radius 3 is 2.59 bits per heavy atom. The molecule has 3 N–H and O–H groups in total. The third-order valence-electron chi connectivity index (χ3n) is 4.04. The first-order valence-corrected chi connectivity index (χ1v) is 9.17. The molecular weight excluding hydrogens is 394 g/mol. The van der Waals surface area contributed by atoms with Gasteiger partial charge in [-0.2, -0.15) is 0 Å². The zero-order valence-electron chi connectivity index (χ0n) is 15.9. The van der Waals surface area contributed by atoms with Crippen molar-refractivity contribution < 1.29 is 18.7 Å². The standard InChI is InChI=1S/C21H20ClN3O4/c1-13-5-8-18(28-2)17(10-13)24-20(26)12-23-15-7-6-14(22)11-16(15)25-21(27)19-4-3-9-29-19/h3-11,23H,12H2,1-2H3,(H,24,26)(H,25,27). The molecule has 0 aliphatic heterocycles. The third-order valence-corrected chi connectivity index (χ3v) is 4.28. The first-order chi connectivity index (χ1) is 14.0. The molecule has 7 nitrogen and oxygen atoms in total. The molecule has 0 aliphatic carbocycles. The number of hydrogen-bond acceptors (Lipinski definition) is 5. The summed E-state index contributed by atoms with van der Waals surface area (Å²) in [4.78, 5) is 24.6. The largest absolute Gasteiger partial charge is 0.495 e. The molecule has 0 atom stereocenters. The molecule has 0 fully saturated rings. The van der Waals surface area contributed by atoms with Crippen LogP contribution in [0.4, 0.5) is 17.1 Å². The number of carbonyl (C=O) groups is 2. The van der Waals surface area contributed by atoms with Crippen LogP contribution < -0.4 is 20.7 Å². The summed E-state index contributed by atoms with van der Waals surface area (Å²) in [6.07, 6.45) is 1.41. The van der Waals surface area contributed by atoms with Gasteiger partial charge in [0.1, 0.15) is 5.75 Å². The van der Waals surface area contributed by atoms with E-state index in [2.05, 4.69) is 16.0 Å². The summed E-state index contributed by atoms with van der Waals surface area (Å²) in [6, 6.07) is 13.6. The highest BCUT2D eigenvalue weighted by molar-refractivity contribution is 6.31. The maximum absolute atomic E-state index is 12.4. The molecule has 2 aromatic carbocycles. The summed E-state index contributed by atoms with van der Waals surface area (Å²) < 4.78 is 10.4. The van der Waals surface area contributed by atoms with Gasteiger partial charge in [-0.1, -0.05) is 17.7 Å². The first kappa shape index (κ1) is 20.3. The zero-order valence-corrected chi connectivity index (χ0v) is 16.7. The Morgan fingerprint density at radius 2 is 1.86 bits per heavy atom. The predicted molar refractivity (Wildman–Crippen MR) is 113 cm³/mol. The number of benzene rings is 2. The van der Waals surface area contributed by atoms with Crippen molar-refractivity contribution >= 4 is 40.5 Å². The molecule has 1 aromatic heterocycles. The van der Waals surface area contributed by atoms with Crippen molar-refractivity contribution in [2.24, 2.45) is 0 Å². The van der Waals surface area contributed by atoms with Gasteiger partial charge in [0.2, 0.25) is 5.91 Å². The van der Waals surface area contributed by atoms with Gasteiger partial charge in [-0.05, 0) is 55.0 Å². The predicted octanol–water partition coefficient (Wildman–Crippen LogP) is 4.55. The van der Waals surface area contributed by atoms with Crippen molar-refractivity contribution in [1.29, 1.82) is 0 Å². The lowest BCUT2D eigenvalue weighted by atomic mass is 10.2. The second-order valence-electron chi connectivity index (χ2n) is 6.23. The fraction of sp³-hybridized carbons (Fsp3) is 0.143. The van der Waals surface area contributed by atoms with Crippen molar-refractivity contribution in [1.82, 2.24) is 0 Å². The van der Waals surface area contributed by atoms with Gasteiger partial charge in [-0.25, -0.2) is 0 Å². The lowest BCUT2D eigenvalue weighted by Gasteiger charge is -2.14. The van der Waals surface area contributed by atoms with Crippen LogP contribution >= 0.6 is 11.6 Å². The van der Waals surface area contributed by atoms with Gasteiger partial charge in [-0.3, -0.25) is 9.59 Å². The Hall–Kier alpha value is -3.45. The molecule has 0 bridgehead atoms. The van der Waals surface area contributed by atoms with E-state index in [1.165, 1.54) is 6.26 Å². The molecule has 29 heavy (non-hydrogen) atoms. The normalized spacial score (nSPS) is 10.3. The Kier molecular flexibility index (Phi) is 6.41. The Bertz CT molecular complexity index is 1020. The summed E-state index contributed by atoms with van der Waals surface area (Å²) in [5.41, 5.74) is 2.55. The highest BCUT2D eigenvalue weighted by Gasteiger charge is 2.13. The SMILES string of the molecule is COc1ccc(C)cc1NC(=O)CNc1ccc(Cl)cc1NC(=O)c1ccco1. The number of ether oxygens (including phenoxy) is 1. The van der Waals surface area contributed by atoms with Crippen molar-refractivity contribution in [2.45, 2.75) is 6.92 Å². The van der Waals surface area contributed by atoms with E-state index in [-0.39, 0.29) is 18.2 Å². The fourth-order valence-corrected chi connectivity index (χ4v) is 2.83. The van der Waals surface area contributed by atoms with Crippen molar-refractivity contribution in [3.63, 3.8) is 0 Å². The molecule has 0 saturated carbocycles. The Morgan fingerprint density at radius 1 is 1.03 bits per heavy atom. The van der Waals surface area contributed by atoms with E-state index in [0.29, 0.717) is 27.8 Å². The number of nitrogens with one attached hydrogen (secondary N) is 3. The molecule has 3 rings (SSSR count). The summed E-state index contributed by atoms with van der Waals surface area (Å²) >= 11 is 6.05. The van der Waals surface area contributed by atoms with Gasteiger partial charge in [0, 0.05) is 5.02 Å². The Labute approximate surface area is 173 Å². The average Bonchev–Trinajstić information content (AvgIpc) is 3.22. The van der Waals surface area contributed by atoms with Gasteiger partial charge in [0.05, 0.1) is 37.0 Å². The van der Waals surface area contributed by atoms with Crippen LogP contribution in [0, 0.1) is 6.92 Å². The van der Waals surface area contributed by atoms with Gasteiger partial charge >= 0.3 is 0 Å². The van der Waals surface area contributed by atoms with E-state index in [0.717, 1.165) is 5.56 Å². The minimum Gasteiger partial charge on any atom is -0.495 e. The third kappa shape index (κ3) is 5.30. The molecule has 0 unspecified atom stereocenters. The van der Waals surface area contributed by atoms with Gasteiger partial charge in [0.25, 0.3) is 5.91 Å². The average molecular weight is 414 g/mol.